The van der Waals surface area contributed by atoms with Gasteiger partial charge in [0.15, 0.2) is 0 Å². The first-order valence-electron chi connectivity index (χ1n) is 5.81. The van der Waals surface area contributed by atoms with Crippen LogP contribution in [0.3, 0.4) is 0 Å². The van der Waals surface area contributed by atoms with Gasteiger partial charge in [-0.2, -0.15) is 0 Å². The van der Waals surface area contributed by atoms with E-state index >= 15 is 0 Å². The molecule has 0 saturated carbocycles. The molecule has 0 bridgehead atoms. The number of likely N-dealkylation sites (N-methyl/N-ethyl adjacent to an activating group) is 2. The van der Waals surface area contributed by atoms with E-state index in [9.17, 15) is 4.39 Å². The third-order valence-electron chi connectivity index (χ3n) is 2.70. The molecule has 100 valence electrons. The summed E-state index contributed by atoms with van der Waals surface area (Å²) in [6, 6.07) is 4.76. The zero-order chi connectivity index (χ0) is 13.7. The van der Waals surface area contributed by atoms with Crippen LogP contribution >= 0.6 is 12.2 Å². The van der Waals surface area contributed by atoms with Gasteiger partial charge in [0.1, 0.15) is 10.8 Å². The molecule has 3 nitrogen and oxygen atoms in total. The van der Waals surface area contributed by atoms with Crippen molar-refractivity contribution in [3.05, 3.63) is 35.1 Å². The third-order valence-corrected chi connectivity index (χ3v) is 2.94. The highest BCUT2D eigenvalue weighted by Crippen LogP contribution is 2.12. The van der Waals surface area contributed by atoms with Gasteiger partial charge in [-0.25, -0.2) is 4.39 Å². The Hall–Kier alpha value is -1.04. The van der Waals surface area contributed by atoms with Crippen molar-refractivity contribution in [2.75, 3.05) is 34.2 Å². The second-order valence-corrected chi connectivity index (χ2v) is 5.15. The van der Waals surface area contributed by atoms with E-state index in [-0.39, 0.29) is 5.82 Å². The predicted octanol–water partition coefficient (Wildman–Crippen LogP) is 1.45. The number of halogens is 1. The number of thiocarbonyl (C=S) groups is 1. The Morgan fingerprint density at radius 1 is 1.28 bits per heavy atom. The van der Waals surface area contributed by atoms with Gasteiger partial charge in [0, 0.05) is 30.8 Å². The largest absolute Gasteiger partial charge is 0.389 e. The van der Waals surface area contributed by atoms with Crippen LogP contribution in [-0.4, -0.2) is 49.0 Å². The molecule has 0 saturated heterocycles. The van der Waals surface area contributed by atoms with Gasteiger partial charge in [-0.3, -0.25) is 0 Å². The van der Waals surface area contributed by atoms with Crippen molar-refractivity contribution in [1.29, 1.82) is 0 Å². The molecule has 0 heterocycles. The third kappa shape index (κ3) is 4.68. The van der Waals surface area contributed by atoms with Crippen molar-refractivity contribution in [3.63, 3.8) is 0 Å². The van der Waals surface area contributed by atoms with E-state index in [4.69, 9.17) is 18.0 Å². The number of hydrogen-bond acceptors (Lipinski definition) is 3. The number of benzene rings is 1. The van der Waals surface area contributed by atoms with Gasteiger partial charge in [-0.15, -0.1) is 0 Å². The minimum Gasteiger partial charge on any atom is -0.389 e. The van der Waals surface area contributed by atoms with Gasteiger partial charge in [0.2, 0.25) is 0 Å². The lowest BCUT2D eigenvalue weighted by Crippen LogP contribution is -2.28. The van der Waals surface area contributed by atoms with Crippen LogP contribution in [0.2, 0.25) is 0 Å². The summed E-state index contributed by atoms with van der Waals surface area (Å²) in [5, 5.41) is 0. The van der Waals surface area contributed by atoms with Crippen LogP contribution in [-0.2, 0) is 6.54 Å². The Morgan fingerprint density at radius 2 is 1.94 bits per heavy atom. The SMILES string of the molecule is CN(C)CCN(C)Cc1cc(C(N)=S)ccc1F. The maximum Gasteiger partial charge on any atom is 0.127 e. The molecule has 0 spiro atoms. The monoisotopic (exact) mass is 269 g/mol. The normalized spacial score (nSPS) is 11.2. The second kappa shape index (κ2) is 6.78. The fourth-order valence-corrected chi connectivity index (χ4v) is 1.72. The molecule has 0 aliphatic rings. The standard InChI is InChI=1S/C13H20FN3S/c1-16(2)6-7-17(3)9-11-8-10(13(15)18)4-5-12(11)14/h4-5,8H,6-7,9H2,1-3H3,(H2,15,18). The molecule has 0 aliphatic heterocycles. The average molecular weight is 269 g/mol. The van der Waals surface area contributed by atoms with Crippen LogP contribution in [0.1, 0.15) is 11.1 Å². The van der Waals surface area contributed by atoms with Crippen LogP contribution in [0.25, 0.3) is 0 Å². The zero-order valence-corrected chi connectivity index (χ0v) is 11.9. The minimum atomic E-state index is -0.216. The van der Waals surface area contributed by atoms with E-state index in [1.807, 2.05) is 21.1 Å². The van der Waals surface area contributed by atoms with E-state index in [1.54, 1.807) is 12.1 Å². The molecule has 0 unspecified atom stereocenters. The quantitative estimate of drug-likeness (QED) is 0.792. The molecule has 0 radical (unpaired) electrons. The van der Waals surface area contributed by atoms with Crippen LogP contribution in [0.4, 0.5) is 4.39 Å². The molecule has 18 heavy (non-hydrogen) atoms. The summed E-state index contributed by atoms with van der Waals surface area (Å²) in [5.41, 5.74) is 6.89. The molecule has 5 heteroatoms. The van der Waals surface area contributed by atoms with Gasteiger partial charge < -0.3 is 15.5 Å². The van der Waals surface area contributed by atoms with Gasteiger partial charge in [-0.1, -0.05) is 12.2 Å². The summed E-state index contributed by atoms with van der Waals surface area (Å²) in [6.07, 6.45) is 0. The van der Waals surface area contributed by atoms with Crippen molar-refractivity contribution in [2.45, 2.75) is 6.54 Å². The lowest BCUT2D eigenvalue weighted by molar-refractivity contribution is 0.273. The Kier molecular flexibility index (Phi) is 5.65. The van der Waals surface area contributed by atoms with E-state index in [1.165, 1.54) is 6.07 Å². The number of hydrogen-bond donors (Lipinski definition) is 1. The second-order valence-electron chi connectivity index (χ2n) is 4.71. The van der Waals surface area contributed by atoms with Crippen molar-refractivity contribution in [3.8, 4) is 0 Å². The average Bonchev–Trinajstić information content (AvgIpc) is 2.29. The highest BCUT2D eigenvalue weighted by atomic mass is 32.1. The molecular formula is C13H20FN3S. The van der Waals surface area contributed by atoms with Crippen LogP contribution in [0, 0.1) is 5.82 Å². The summed E-state index contributed by atoms with van der Waals surface area (Å²) in [6.45, 7) is 2.37. The highest BCUT2D eigenvalue weighted by molar-refractivity contribution is 7.80. The lowest BCUT2D eigenvalue weighted by Gasteiger charge is -2.19. The van der Waals surface area contributed by atoms with Gasteiger partial charge >= 0.3 is 0 Å². The Morgan fingerprint density at radius 3 is 2.50 bits per heavy atom. The Bertz CT molecular complexity index is 421. The maximum atomic E-state index is 13.7. The topological polar surface area (TPSA) is 32.5 Å². The van der Waals surface area contributed by atoms with Crippen molar-refractivity contribution in [2.24, 2.45) is 5.73 Å². The lowest BCUT2D eigenvalue weighted by atomic mass is 10.1. The minimum absolute atomic E-state index is 0.216. The van der Waals surface area contributed by atoms with Gasteiger partial charge in [-0.05, 0) is 39.3 Å². The van der Waals surface area contributed by atoms with Crippen molar-refractivity contribution in [1.82, 2.24) is 9.80 Å². The molecule has 0 atom stereocenters. The number of nitrogens with two attached hydrogens (primary N) is 1. The highest BCUT2D eigenvalue weighted by Gasteiger charge is 2.08. The Labute approximate surface area is 113 Å². The van der Waals surface area contributed by atoms with Crippen LogP contribution in [0.5, 0.6) is 0 Å². The first-order chi connectivity index (χ1) is 8.40. The molecule has 1 rings (SSSR count). The van der Waals surface area contributed by atoms with E-state index < -0.39 is 0 Å². The van der Waals surface area contributed by atoms with E-state index in [2.05, 4.69) is 9.80 Å². The smallest absolute Gasteiger partial charge is 0.127 e. The fraction of sp³-hybridized carbons (Fsp3) is 0.462. The molecular weight excluding hydrogens is 249 g/mol. The van der Waals surface area contributed by atoms with Crippen molar-refractivity contribution < 1.29 is 4.39 Å². The first kappa shape index (κ1) is 15.0. The first-order valence-corrected chi connectivity index (χ1v) is 6.22. The molecule has 0 amide bonds. The van der Waals surface area contributed by atoms with Crippen molar-refractivity contribution >= 4 is 17.2 Å². The summed E-state index contributed by atoms with van der Waals surface area (Å²) >= 11 is 4.90. The summed E-state index contributed by atoms with van der Waals surface area (Å²) in [5.74, 6) is -0.216. The van der Waals surface area contributed by atoms with Crippen LogP contribution < -0.4 is 5.73 Å². The molecule has 1 aromatic carbocycles. The molecule has 1 aromatic rings. The summed E-state index contributed by atoms with van der Waals surface area (Å²) in [7, 11) is 6.00. The molecule has 0 aromatic heterocycles. The van der Waals surface area contributed by atoms with E-state index in [0.29, 0.717) is 22.7 Å². The number of nitrogens with zero attached hydrogens (tertiary/aromatic N) is 2. The predicted molar refractivity (Wildman–Crippen MR) is 77.2 cm³/mol. The Balaban J connectivity index is 2.71. The van der Waals surface area contributed by atoms with Gasteiger partial charge in [0.05, 0.1) is 0 Å². The maximum absolute atomic E-state index is 13.7. The molecule has 0 fully saturated rings. The number of rotatable bonds is 6. The fourth-order valence-electron chi connectivity index (χ4n) is 1.59. The molecule has 0 aliphatic carbocycles. The summed E-state index contributed by atoms with van der Waals surface area (Å²) < 4.78 is 13.7. The zero-order valence-electron chi connectivity index (χ0n) is 11.1. The summed E-state index contributed by atoms with van der Waals surface area (Å²) in [4.78, 5) is 4.47. The molecule has 2 N–H and O–H groups in total. The van der Waals surface area contributed by atoms with E-state index in [0.717, 1.165) is 13.1 Å². The van der Waals surface area contributed by atoms with Gasteiger partial charge in [0.25, 0.3) is 0 Å². The van der Waals surface area contributed by atoms with Crippen LogP contribution in [0.15, 0.2) is 18.2 Å².